The van der Waals surface area contributed by atoms with Gasteiger partial charge in [0, 0.05) is 70.2 Å². The minimum atomic E-state index is -5.18. The molecular formula is C36H34O20S5. The molecule has 0 aliphatic heterocycles. The molecule has 0 amide bonds. The van der Waals surface area contributed by atoms with E-state index in [9.17, 15) is 90.4 Å². The fourth-order valence-corrected chi connectivity index (χ4v) is 9.44. The molecule has 20 nitrogen and oxygen atoms in total. The topological polar surface area (TPSA) is 373 Å². The lowest BCUT2D eigenvalue weighted by Crippen LogP contribution is -2.07. The van der Waals surface area contributed by atoms with Crippen LogP contribution in [0.15, 0.2) is 85.1 Å². The zero-order valence-electron chi connectivity index (χ0n) is 31.2. The van der Waals surface area contributed by atoms with E-state index in [1.54, 1.807) is 0 Å². The summed E-state index contributed by atoms with van der Waals surface area (Å²) in [7, 11) is -25.1. The molecule has 10 N–H and O–H groups in total. The highest BCUT2D eigenvalue weighted by Gasteiger charge is 2.26. The number of benzene rings is 5. The Balaban J connectivity index is 1.68. The maximum atomic E-state index is 12.5. The standard InChI is InChI=1S/C36H34O20S5/c1-17-3-27(57(42,43)44)9-19(32(17)37)5-21-11-29(59(48,49)50)13-23(34(21)39)7-25-15-31(61(54,55)56)16-26(36(25)41)8-24-14-30(60(51,52)53)12-22(35(24)40)6-20-10-28(58(45,46)47)4-18(2)33(20)38/h3-4,9-16,37-41H,5-8H2,1-2H3,(H,42,43,44)(H,45,46,47)(H,48,49,50)(H,51,52,53)(H,54,55,56). The summed E-state index contributed by atoms with van der Waals surface area (Å²) in [6.07, 6.45) is -2.93. The van der Waals surface area contributed by atoms with Crippen LogP contribution in [0, 0.1) is 13.8 Å². The predicted molar refractivity (Wildman–Crippen MR) is 210 cm³/mol. The first-order valence-corrected chi connectivity index (χ1v) is 24.0. The monoisotopic (exact) mass is 946 g/mol. The van der Waals surface area contributed by atoms with Crippen molar-refractivity contribution in [1.29, 1.82) is 0 Å². The van der Waals surface area contributed by atoms with Gasteiger partial charge < -0.3 is 25.5 Å². The molecular weight excluding hydrogens is 913 g/mol. The number of rotatable bonds is 13. The summed E-state index contributed by atoms with van der Waals surface area (Å²) >= 11 is 0. The number of aromatic hydroxyl groups is 5. The maximum Gasteiger partial charge on any atom is 0.294 e. The molecule has 0 aromatic heterocycles. The van der Waals surface area contributed by atoms with Gasteiger partial charge in [-0.2, -0.15) is 42.1 Å². The third kappa shape index (κ3) is 10.4. The molecule has 0 aliphatic carbocycles. The second-order valence-corrected chi connectivity index (χ2v) is 21.0. The Hall–Kier alpha value is -5.35. The number of aryl methyl sites for hydroxylation is 2. The van der Waals surface area contributed by atoms with Crippen molar-refractivity contribution in [2.75, 3.05) is 0 Å². The number of hydrogen-bond donors (Lipinski definition) is 10. The summed E-state index contributed by atoms with van der Waals surface area (Å²) in [6.45, 7) is 2.54. The average Bonchev–Trinajstić information content (AvgIpc) is 3.10. The number of hydrogen-bond acceptors (Lipinski definition) is 15. The van der Waals surface area contributed by atoms with Crippen molar-refractivity contribution in [2.45, 2.75) is 64.0 Å². The van der Waals surface area contributed by atoms with Gasteiger partial charge in [0.05, 0.1) is 24.5 Å². The van der Waals surface area contributed by atoms with Gasteiger partial charge in [-0.3, -0.25) is 22.8 Å². The largest absolute Gasteiger partial charge is 0.507 e. The van der Waals surface area contributed by atoms with Crippen LogP contribution in [0.4, 0.5) is 0 Å². The summed E-state index contributed by atoms with van der Waals surface area (Å²) in [4.78, 5) is -4.06. The first-order valence-electron chi connectivity index (χ1n) is 16.8. The van der Waals surface area contributed by atoms with Crippen molar-refractivity contribution < 1.29 is 90.4 Å². The summed E-state index contributed by atoms with van der Waals surface area (Å²) in [5.41, 5.74) is -3.31. The molecule has 5 aromatic carbocycles. The first-order chi connectivity index (χ1) is 27.7. The van der Waals surface area contributed by atoms with Crippen LogP contribution in [0.1, 0.15) is 55.6 Å². The van der Waals surface area contributed by atoms with Crippen molar-refractivity contribution in [3.63, 3.8) is 0 Å². The Morgan fingerprint density at radius 2 is 0.443 bits per heavy atom. The van der Waals surface area contributed by atoms with Gasteiger partial charge in [0.25, 0.3) is 50.6 Å². The van der Waals surface area contributed by atoms with E-state index in [-0.39, 0.29) is 33.4 Å². The van der Waals surface area contributed by atoms with Crippen molar-refractivity contribution in [3.8, 4) is 28.7 Å². The summed E-state index contributed by atoms with van der Waals surface area (Å²) in [6, 6.07) is 7.84. The van der Waals surface area contributed by atoms with Gasteiger partial charge in [0.2, 0.25) is 0 Å². The fourth-order valence-electron chi connectivity index (χ4n) is 6.46. The molecule has 0 atom stereocenters. The van der Waals surface area contributed by atoms with E-state index in [2.05, 4.69) is 0 Å². The number of phenolic OH excluding ortho intramolecular Hbond substituents is 5. The lowest BCUT2D eigenvalue weighted by atomic mass is 9.93. The average molecular weight is 947 g/mol. The first kappa shape index (κ1) is 46.7. The molecule has 0 radical (unpaired) electrons. The molecule has 5 aromatic rings. The molecule has 0 saturated carbocycles. The van der Waals surface area contributed by atoms with Crippen LogP contribution in [0.2, 0.25) is 0 Å². The SMILES string of the molecule is Cc1cc(S(=O)(=O)O)cc(Cc2cc(S(=O)(=O)O)cc(Cc3cc(S(=O)(=O)O)cc(Cc4cc(S(=O)(=O)O)cc(Cc5cc(S(=O)(=O)O)cc(C)c5O)c4O)c3O)c2O)c1O. The van der Waals surface area contributed by atoms with Crippen LogP contribution in [-0.2, 0) is 76.3 Å². The van der Waals surface area contributed by atoms with E-state index in [0.29, 0.717) is 12.1 Å². The highest BCUT2D eigenvalue weighted by atomic mass is 32.2. The van der Waals surface area contributed by atoms with E-state index in [1.165, 1.54) is 13.8 Å². The van der Waals surface area contributed by atoms with E-state index in [0.717, 1.165) is 48.5 Å². The molecule has 25 heteroatoms. The van der Waals surface area contributed by atoms with Gasteiger partial charge in [0.15, 0.2) is 0 Å². The number of phenols is 5. The van der Waals surface area contributed by atoms with E-state index >= 15 is 0 Å². The fraction of sp³-hybridized carbons (Fsp3) is 0.167. The van der Waals surface area contributed by atoms with Crippen molar-refractivity contribution >= 4 is 50.6 Å². The van der Waals surface area contributed by atoms with Gasteiger partial charge in [-0.15, -0.1) is 0 Å². The minimum Gasteiger partial charge on any atom is -0.507 e. The van der Waals surface area contributed by atoms with E-state index in [4.69, 9.17) is 0 Å². The highest BCUT2D eigenvalue weighted by Crippen LogP contribution is 2.40. The summed E-state index contributed by atoms with van der Waals surface area (Å²) in [5, 5.41) is 55.5. The van der Waals surface area contributed by atoms with Gasteiger partial charge in [0.1, 0.15) is 28.7 Å². The van der Waals surface area contributed by atoms with Crippen LogP contribution in [-0.4, -0.2) is 90.4 Å². The molecule has 0 saturated heterocycles. The Morgan fingerprint density at radius 3 is 0.607 bits per heavy atom. The molecule has 0 unspecified atom stereocenters. The van der Waals surface area contributed by atoms with E-state index in [1.807, 2.05) is 0 Å². The smallest absolute Gasteiger partial charge is 0.294 e. The third-order valence-corrected chi connectivity index (χ3v) is 13.6. The Kier molecular flexibility index (Phi) is 12.4. The molecule has 61 heavy (non-hydrogen) atoms. The van der Waals surface area contributed by atoms with Gasteiger partial charge in [-0.05, 0) is 85.6 Å². The third-order valence-electron chi connectivity index (χ3n) is 9.44. The Labute approximate surface area is 348 Å². The van der Waals surface area contributed by atoms with Crippen LogP contribution in [0.3, 0.4) is 0 Å². The van der Waals surface area contributed by atoms with Crippen LogP contribution in [0.25, 0.3) is 0 Å². The maximum absolute atomic E-state index is 12.5. The van der Waals surface area contributed by atoms with Gasteiger partial charge in [-0.1, -0.05) is 0 Å². The highest BCUT2D eigenvalue weighted by molar-refractivity contribution is 7.86. The molecule has 0 bridgehead atoms. The molecule has 0 spiro atoms. The van der Waals surface area contributed by atoms with Crippen molar-refractivity contribution in [1.82, 2.24) is 0 Å². The van der Waals surface area contributed by atoms with Crippen molar-refractivity contribution in [2.24, 2.45) is 0 Å². The second-order valence-electron chi connectivity index (χ2n) is 13.8. The minimum absolute atomic E-state index is 0.0601. The zero-order valence-corrected chi connectivity index (χ0v) is 35.3. The zero-order chi connectivity index (χ0) is 45.9. The second kappa shape index (κ2) is 16.2. The summed E-state index contributed by atoms with van der Waals surface area (Å²) < 4.78 is 171. The van der Waals surface area contributed by atoms with Crippen LogP contribution < -0.4 is 0 Å². The van der Waals surface area contributed by atoms with Crippen LogP contribution >= 0.6 is 0 Å². The summed E-state index contributed by atoms with van der Waals surface area (Å²) in [5.74, 6) is -3.50. The molecule has 0 fully saturated rings. The Bertz CT molecular complexity index is 3030. The molecule has 0 aliphatic rings. The lowest BCUT2D eigenvalue weighted by molar-refractivity contribution is 0.451. The molecule has 328 valence electrons. The quantitative estimate of drug-likeness (QED) is 0.0756. The normalized spacial score (nSPS) is 12.8. The van der Waals surface area contributed by atoms with Gasteiger partial charge in [-0.25, -0.2) is 0 Å². The van der Waals surface area contributed by atoms with E-state index < -0.39 is 152 Å². The molecule has 0 heterocycles. The van der Waals surface area contributed by atoms with Crippen LogP contribution in [0.5, 0.6) is 28.7 Å². The van der Waals surface area contributed by atoms with Crippen molar-refractivity contribution in [3.05, 3.63) is 116 Å². The lowest BCUT2D eigenvalue weighted by Gasteiger charge is -2.18. The Morgan fingerprint density at radius 1 is 0.295 bits per heavy atom. The van der Waals surface area contributed by atoms with Gasteiger partial charge >= 0.3 is 0 Å². The molecule has 5 rings (SSSR count). The predicted octanol–water partition coefficient (Wildman–Crippen LogP) is 3.43.